The van der Waals surface area contributed by atoms with Gasteiger partial charge in [-0.3, -0.25) is 4.98 Å². The fourth-order valence-electron chi connectivity index (χ4n) is 2.15. The third kappa shape index (κ3) is 1.91. The minimum atomic E-state index is 0.138. The van der Waals surface area contributed by atoms with Crippen LogP contribution in [0.3, 0.4) is 0 Å². The number of allylic oxidation sites excluding steroid dienone is 1. The Morgan fingerprint density at radius 1 is 1.19 bits per heavy atom. The molecule has 0 saturated heterocycles. The predicted molar refractivity (Wildman–Crippen MR) is 69.6 cm³/mol. The topological polar surface area (TPSA) is 12.9 Å². The van der Waals surface area contributed by atoms with Crippen molar-refractivity contribution in [1.82, 2.24) is 4.98 Å². The van der Waals surface area contributed by atoms with E-state index in [0.717, 1.165) is 0 Å². The zero-order valence-electron chi connectivity index (χ0n) is 10.9. The summed E-state index contributed by atoms with van der Waals surface area (Å²) in [6, 6.07) is 4.37. The molecule has 1 heterocycles. The standard InChI is InChI=1S/C15H21N/c1-10(2)12-8-6-11-7-9-13(15(3,4)5)16-14(11)12/h6-10,12H,1-5H3. The fourth-order valence-corrected chi connectivity index (χ4v) is 2.15. The SMILES string of the molecule is CC(C)C1C=Cc2ccc(C(C)(C)C)nc21. The second-order valence-electron chi connectivity index (χ2n) is 6.05. The van der Waals surface area contributed by atoms with Crippen LogP contribution in [0.2, 0.25) is 0 Å². The highest BCUT2D eigenvalue weighted by atomic mass is 14.8. The molecule has 1 aliphatic rings. The maximum atomic E-state index is 4.86. The highest BCUT2D eigenvalue weighted by Gasteiger charge is 2.24. The Labute approximate surface area is 98.6 Å². The van der Waals surface area contributed by atoms with Crippen LogP contribution >= 0.6 is 0 Å². The molecular weight excluding hydrogens is 194 g/mol. The van der Waals surface area contributed by atoms with Gasteiger partial charge in [0.2, 0.25) is 0 Å². The van der Waals surface area contributed by atoms with E-state index in [-0.39, 0.29) is 5.41 Å². The van der Waals surface area contributed by atoms with Gasteiger partial charge in [0.15, 0.2) is 0 Å². The van der Waals surface area contributed by atoms with Gasteiger partial charge in [-0.15, -0.1) is 0 Å². The number of hydrogen-bond donors (Lipinski definition) is 0. The zero-order valence-corrected chi connectivity index (χ0v) is 10.9. The number of hydrogen-bond acceptors (Lipinski definition) is 1. The average Bonchev–Trinajstić information content (AvgIpc) is 2.58. The molecule has 86 valence electrons. The van der Waals surface area contributed by atoms with Crippen molar-refractivity contribution in [2.24, 2.45) is 5.92 Å². The van der Waals surface area contributed by atoms with Crippen molar-refractivity contribution in [3.8, 4) is 0 Å². The number of nitrogens with zero attached hydrogens (tertiary/aromatic N) is 1. The predicted octanol–water partition coefficient (Wildman–Crippen LogP) is 4.15. The maximum Gasteiger partial charge on any atom is 0.0550 e. The van der Waals surface area contributed by atoms with E-state index in [4.69, 9.17) is 4.98 Å². The van der Waals surface area contributed by atoms with Crippen LogP contribution in [0.25, 0.3) is 6.08 Å². The molecule has 0 aromatic carbocycles. The number of rotatable bonds is 1. The van der Waals surface area contributed by atoms with Gasteiger partial charge in [0.25, 0.3) is 0 Å². The first-order chi connectivity index (χ1) is 7.39. The molecule has 0 bridgehead atoms. The van der Waals surface area contributed by atoms with Crippen LogP contribution in [0.5, 0.6) is 0 Å². The van der Waals surface area contributed by atoms with Crippen molar-refractivity contribution in [1.29, 1.82) is 0 Å². The molecule has 0 radical (unpaired) electrons. The van der Waals surface area contributed by atoms with Gasteiger partial charge in [0.1, 0.15) is 0 Å². The highest BCUT2D eigenvalue weighted by molar-refractivity contribution is 5.60. The molecule has 1 aliphatic carbocycles. The first-order valence-electron chi connectivity index (χ1n) is 6.09. The molecule has 2 rings (SSSR count). The molecule has 1 heteroatoms. The van der Waals surface area contributed by atoms with E-state index in [0.29, 0.717) is 11.8 Å². The smallest absolute Gasteiger partial charge is 0.0550 e. The summed E-state index contributed by atoms with van der Waals surface area (Å²) in [7, 11) is 0. The molecule has 1 aromatic rings. The lowest BCUT2D eigenvalue weighted by Gasteiger charge is -2.21. The van der Waals surface area contributed by atoms with Gasteiger partial charge in [-0.25, -0.2) is 0 Å². The summed E-state index contributed by atoms with van der Waals surface area (Å²) in [6.45, 7) is 11.2. The van der Waals surface area contributed by atoms with Gasteiger partial charge in [-0.2, -0.15) is 0 Å². The Kier molecular flexibility index (Phi) is 2.65. The lowest BCUT2D eigenvalue weighted by Crippen LogP contribution is -2.16. The van der Waals surface area contributed by atoms with E-state index in [1.165, 1.54) is 17.0 Å². The van der Waals surface area contributed by atoms with Crippen LogP contribution in [0.15, 0.2) is 18.2 Å². The van der Waals surface area contributed by atoms with E-state index in [1.807, 2.05) is 0 Å². The summed E-state index contributed by atoms with van der Waals surface area (Å²) in [5, 5.41) is 0. The van der Waals surface area contributed by atoms with Gasteiger partial charge < -0.3 is 0 Å². The van der Waals surface area contributed by atoms with E-state index < -0.39 is 0 Å². The molecule has 0 saturated carbocycles. The molecule has 0 spiro atoms. The normalized spacial score (nSPS) is 19.2. The van der Waals surface area contributed by atoms with Crippen LogP contribution < -0.4 is 0 Å². The van der Waals surface area contributed by atoms with Crippen molar-refractivity contribution in [2.75, 3.05) is 0 Å². The first kappa shape index (κ1) is 11.4. The Hall–Kier alpha value is -1.11. The van der Waals surface area contributed by atoms with Gasteiger partial charge in [-0.05, 0) is 17.5 Å². The van der Waals surface area contributed by atoms with Crippen LogP contribution in [0.1, 0.15) is 57.5 Å². The summed E-state index contributed by atoms with van der Waals surface area (Å²) in [5.41, 5.74) is 3.90. The summed E-state index contributed by atoms with van der Waals surface area (Å²) in [5.74, 6) is 1.12. The lowest BCUT2D eigenvalue weighted by atomic mass is 9.89. The molecule has 1 aromatic heterocycles. The number of aromatic nitrogens is 1. The molecule has 0 N–H and O–H groups in total. The van der Waals surface area contributed by atoms with Crippen molar-refractivity contribution in [3.63, 3.8) is 0 Å². The molecule has 0 fully saturated rings. The Morgan fingerprint density at radius 3 is 2.44 bits per heavy atom. The van der Waals surface area contributed by atoms with Crippen molar-refractivity contribution >= 4 is 6.08 Å². The monoisotopic (exact) mass is 215 g/mol. The van der Waals surface area contributed by atoms with Crippen LogP contribution in [0.4, 0.5) is 0 Å². The van der Waals surface area contributed by atoms with E-state index in [1.54, 1.807) is 0 Å². The summed E-state index contributed by atoms with van der Waals surface area (Å²) in [4.78, 5) is 4.86. The van der Waals surface area contributed by atoms with Gasteiger partial charge in [0, 0.05) is 17.0 Å². The van der Waals surface area contributed by atoms with E-state index in [9.17, 15) is 0 Å². The Bertz CT molecular complexity index is 422. The van der Waals surface area contributed by atoms with Crippen molar-refractivity contribution < 1.29 is 0 Å². The minimum Gasteiger partial charge on any atom is -0.256 e. The first-order valence-corrected chi connectivity index (χ1v) is 6.09. The van der Waals surface area contributed by atoms with Gasteiger partial charge in [-0.1, -0.05) is 52.8 Å². The van der Waals surface area contributed by atoms with Crippen molar-refractivity contribution in [2.45, 2.75) is 46.0 Å². The molecule has 0 amide bonds. The maximum absolute atomic E-state index is 4.86. The van der Waals surface area contributed by atoms with Crippen LogP contribution in [0, 0.1) is 5.92 Å². The lowest BCUT2D eigenvalue weighted by molar-refractivity contribution is 0.541. The van der Waals surface area contributed by atoms with Crippen LogP contribution in [-0.4, -0.2) is 4.98 Å². The third-order valence-electron chi connectivity index (χ3n) is 3.24. The summed E-state index contributed by atoms with van der Waals surface area (Å²) >= 11 is 0. The number of pyridine rings is 1. The minimum absolute atomic E-state index is 0.138. The molecule has 1 atom stereocenters. The average molecular weight is 215 g/mol. The summed E-state index contributed by atoms with van der Waals surface area (Å²) < 4.78 is 0. The highest BCUT2D eigenvalue weighted by Crippen LogP contribution is 2.35. The van der Waals surface area contributed by atoms with Crippen LogP contribution in [-0.2, 0) is 5.41 Å². The van der Waals surface area contributed by atoms with Gasteiger partial charge >= 0.3 is 0 Å². The second kappa shape index (κ2) is 3.73. The third-order valence-corrected chi connectivity index (χ3v) is 3.24. The quantitative estimate of drug-likeness (QED) is 0.686. The molecular formula is C15H21N. The molecule has 1 unspecified atom stereocenters. The fraction of sp³-hybridized carbons (Fsp3) is 0.533. The largest absolute Gasteiger partial charge is 0.256 e. The molecule has 1 nitrogen and oxygen atoms in total. The van der Waals surface area contributed by atoms with E-state index >= 15 is 0 Å². The van der Waals surface area contributed by atoms with Crippen molar-refractivity contribution in [3.05, 3.63) is 35.2 Å². The second-order valence-corrected chi connectivity index (χ2v) is 6.05. The zero-order chi connectivity index (χ0) is 11.9. The van der Waals surface area contributed by atoms with Gasteiger partial charge in [0.05, 0.1) is 5.69 Å². The molecule has 16 heavy (non-hydrogen) atoms. The Balaban J connectivity index is 2.44. The molecule has 0 aliphatic heterocycles. The van der Waals surface area contributed by atoms with E-state index in [2.05, 4.69) is 58.9 Å². The summed E-state index contributed by atoms with van der Waals surface area (Å²) in [6.07, 6.45) is 4.49. The number of fused-ring (bicyclic) bond motifs is 1. The Morgan fingerprint density at radius 2 is 1.88 bits per heavy atom.